The molecule has 1 heterocycles. The fraction of sp³-hybridized carbons (Fsp3) is 0.933. The van der Waals surface area contributed by atoms with Crippen LogP contribution in [0.15, 0.2) is 0 Å². The topological polar surface area (TPSA) is 66.6 Å². The number of piperidine rings is 1. The second kappa shape index (κ2) is 5.41. The van der Waals surface area contributed by atoms with Gasteiger partial charge in [-0.25, -0.2) is 0 Å². The number of carboxylic acids is 1. The van der Waals surface area contributed by atoms with E-state index in [1.165, 1.54) is 25.7 Å². The summed E-state index contributed by atoms with van der Waals surface area (Å²) in [5.74, 6) is -0.830. The molecule has 2 rings (SSSR count). The van der Waals surface area contributed by atoms with Crippen LogP contribution in [0.3, 0.4) is 0 Å². The van der Waals surface area contributed by atoms with Crippen LogP contribution in [-0.4, -0.2) is 40.6 Å². The third-order valence-electron chi connectivity index (χ3n) is 5.82. The quantitative estimate of drug-likeness (QED) is 0.820. The van der Waals surface area contributed by atoms with E-state index < -0.39 is 11.5 Å². The van der Waals surface area contributed by atoms with Crippen molar-refractivity contribution in [1.29, 1.82) is 0 Å². The van der Waals surface area contributed by atoms with Crippen LogP contribution in [0.25, 0.3) is 0 Å². The number of carbonyl (C=O) groups is 1. The summed E-state index contributed by atoms with van der Waals surface area (Å²) in [5, 5.41) is 9.20. The highest BCUT2D eigenvalue weighted by Gasteiger charge is 2.45. The van der Waals surface area contributed by atoms with Crippen molar-refractivity contribution in [3.63, 3.8) is 0 Å². The van der Waals surface area contributed by atoms with E-state index in [9.17, 15) is 9.90 Å². The van der Waals surface area contributed by atoms with Crippen LogP contribution in [0.4, 0.5) is 0 Å². The average molecular weight is 268 g/mol. The maximum Gasteiger partial charge on any atom is 0.323 e. The molecule has 0 spiro atoms. The van der Waals surface area contributed by atoms with E-state index in [1.54, 1.807) is 0 Å². The van der Waals surface area contributed by atoms with Gasteiger partial charge in [-0.3, -0.25) is 4.79 Å². The van der Waals surface area contributed by atoms with Crippen LogP contribution in [0.5, 0.6) is 0 Å². The number of nitrogens with two attached hydrogens (primary N) is 1. The van der Waals surface area contributed by atoms with Crippen LogP contribution >= 0.6 is 0 Å². The van der Waals surface area contributed by atoms with Crippen molar-refractivity contribution < 1.29 is 9.90 Å². The molecular weight excluding hydrogens is 240 g/mol. The Bertz CT molecular complexity index is 331. The van der Waals surface area contributed by atoms with Crippen molar-refractivity contribution in [3.8, 4) is 0 Å². The second-order valence-electron chi connectivity index (χ2n) is 6.60. The van der Waals surface area contributed by atoms with Gasteiger partial charge in [-0.15, -0.1) is 0 Å². The van der Waals surface area contributed by atoms with Gasteiger partial charge < -0.3 is 15.7 Å². The van der Waals surface area contributed by atoms with E-state index in [4.69, 9.17) is 5.73 Å². The SMILES string of the molecule is CCC1(CC)CCN(C2CCC(N)(C(=O)O)C2)CC1. The molecule has 2 unspecified atom stereocenters. The highest BCUT2D eigenvalue weighted by molar-refractivity contribution is 5.79. The van der Waals surface area contributed by atoms with Crippen LogP contribution in [0.2, 0.25) is 0 Å². The van der Waals surface area contributed by atoms with Crippen LogP contribution in [0.1, 0.15) is 58.8 Å². The molecule has 0 amide bonds. The van der Waals surface area contributed by atoms with Crippen molar-refractivity contribution in [1.82, 2.24) is 4.90 Å². The number of aliphatic carboxylic acids is 1. The standard InChI is InChI=1S/C15H28N2O2/c1-3-14(4-2)7-9-17(10-8-14)12-5-6-15(16,11-12)13(18)19/h12H,3-11,16H2,1-2H3,(H,18,19). The minimum Gasteiger partial charge on any atom is -0.480 e. The Kier molecular flexibility index (Phi) is 4.21. The van der Waals surface area contributed by atoms with E-state index in [0.717, 1.165) is 19.5 Å². The zero-order chi connectivity index (χ0) is 14.1. The Morgan fingerprint density at radius 1 is 1.26 bits per heavy atom. The number of rotatable bonds is 4. The van der Waals surface area contributed by atoms with E-state index in [-0.39, 0.29) is 0 Å². The monoisotopic (exact) mass is 268 g/mol. The van der Waals surface area contributed by atoms with Crippen LogP contribution in [0, 0.1) is 5.41 Å². The number of hydrogen-bond acceptors (Lipinski definition) is 3. The lowest BCUT2D eigenvalue weighted by Crippen LogP contribution is -2.49. The molecule has 0 radical (unpaired) electrons. The molecule has 1 aliphatic heterocycles. The lowest BCUT2D eigenvalue weighted by atomic mass is 9.74. The highest BCUT2D eigenvalue weighted by atomic mass is 16.4. The predicted molar refractivity (Wildman–Crippen MR) is 76.0 cm³/mol. The molecule has 0 aromatic rings. The molecule has 1 aliphatic carbocycles. The lowest BCUT2D eigenvalue weighted by molar-refractivity contribution is -0.143. The molecule has 0 bridgehead atoms. The van der Waals surface area contributed by atoms with E-state index >= 15 is 0 Å². The number of carboxylic acid groups (broad SMARTS) is 1. The van der Waals surface area contributed by atoms with Crippen molar-refractivity contribution in [2.45, 2.75) is 70.4 Å². The molecule has 2 atom stereocenters. The van der Waals surface area contributed by atoms with Crippen molar-refractivity contribution in [3.05, 3.63) is 0 Å². The summed E-state index contributed by atoms with van der Waals surface area (Å²) in [6, 6.07) is 0.382. The first-order valence-electron chi connectivity index (χ1n) is 7.71. The number of likely N-dealkylation sites (tertiary alicyclic amines) is 1. The molecule has 0 aromatic heterocycles. The fourth-order valence-corrected chi connectivity index (χ4v) is 3.88. The summed E-state index contributed by atoms with van der Waals surface area (Å²) < 4.78 is 0. The van der Waals surface area contributed by atoms with E-state index in [2.05, 4.69) is 18.7 Å². The summed E-state index contributed by atoms with van der Waals surface area (Å²) in [7, 11) is 0. The van der Waals surface area contributed by atoms with Gasteiger partial charge in [0.2, 0.25) is 0 Å². The Morgan fingerprint density at radius 2 is 1.84 bits per heavy atom. The minimum atomic E-state index is -0.977. The summed E-state index contributed by atoms with van der Waals surface area (Å²) >= 11 is 0. The van der Waals surface area contributed by atoms with Gasteiger partial charge >= 0.3 is 5.97 Å². The average Bonchev–Trinajstić information content (AvgIpc) is 2.83. The molecule has 2 aliphatic rings. The molecule has 4 nitrogen and oxygen atoms in total. The highest BCUT2D eigenvalue weighted by Crippen LogP contribution is 2.40. The largest absolute Gasteiger partial charge is 0.480 e. The molecule has 1 saturated heterocycles. The summed E-state index contributed by atoms with van der Waals surface area (Å²) in [4.78, 5) is 13.7. The molecule has 3 N–H and O–H groups in total. The Morgan fingerprint density at radius 3 is 2.26 bits per heavy atom. The zero-order valence-corrected chi connectivity index (χ0v) is 12.3. The Balaban J connectivity index is 1.91. The number of nitrogens with zero attached hydrogens (tertiary/aromatic N) is 1. The number of hydrogen-bond donors (Lipinski definition) is 2. The predicted octanol–water partition coefficient (Wildman–Crippen LogP) is 2.22. The van der Waals surface area contributed by atoms with Gasteiger partial charge in [0.1, 0.15) is 5.54 Å². The third-order valence-corrected chi connectivity index (χ3v) is 5.82. The zero-order valence-electron chi connectivity index (χ0n) is 12.3. The van der Waals surface area contributed by atoms with Crippen molar-refractivity contribution in [2.24, 2.45) is 11.1 Å². The van der Waals surface area contributed by atoms with Gasteiger partial charge in [0.25, 0.3) is 0 Å². The molecule has 110 valence electrons. The summed E-state index contributed by atoms with van der Waals surface area (Å²) in [5.41, 5.74) is 5.53. The third kappa shape index (κ3) is 2.79. The van der Waals surface area contributed by atoms with E-state index in [1.807, 2.05) is 0 Å². The molecular formula is C15H28N2O2. The normalized spacial score (nSPS) is 35.4. The molecule has 2 fully saturated rings. The van der Waals surface area contributed by atoms with Crippen molar-refractivity contribution in [2.75, 3.05) is 13.1 Å². The van der Waals surface area contributed by atoms with Crippen LogP contribution < -0.4 is 5.73 Å². The van der Waals surface area contributed by atoms with Gasteiger partial charge in [0.15, 0.2) is 0 Å². The second-order valence-corrected chi connectivity index (χ2v) is 6.60. The maximum atomic E-state index is 11.2. The van der Waals surface area contributed by atoms with Gasteiger partial charge in [-0.2, -0.15) is 0 Å². The summed E-state index contributed by atoms with van der Waals surface area (Å²) in [6.07, 6.45) is 7.20. The first-order chi connectivity index (χ1) is 8.95. The molecule has 0 aromatic carbocycles. The first-order valence-corrected chi connectivity index (χ1v) is 7.71. The Hall–Kier alpha value is -0.610. The van der Waals surface area contributed by atoms with E-state index in [0.29, 0.717) is 24.3 Å². The maximum absolute atomic E-state index is 11.2. The molecule has 4 heteroatoms. The molecule has 19 heavy (non-hydrogen) atoms. The smallest absolute Gasteiger partial charge is 0.323 e. The lowest BCUT2D eigenvalue weighted by Gasteiger charge is -2.43. The summed E-state index contributed by atoms with van der Waals surface area (Å²) in [6.45, 7) is 6.82. The fourth-order valence-electron chi connectivity index (χ4n) is 3.88. The Labute approximate surface area is 116 Å². The minimum absolute atomic E-state index is 0.382. The van der Waals surface area contributed by atoms with Gasteiger partial charge in [0, 0.05) is 6.04 Å². The van der Waals surface area contributed by atoms with Gasteiger partial charge in [-0.1, -0.05) is 26.7 Å². The van der Waals surface area contributed by atoms with Gasteiger partial charge in [0.05, 0.1) is 0 Å². The molecule has 1 saturated carbocycles. The van der Waals surface area contributed by atoms with Gasteiger partial charge in [-0.05, 0) is 50.6 Å². The van der Waals surface area contributed by atoms with Crippen LogP contribution in [-0.2, 0) is 4.79 Å². The van der Waals surface area contributed by atoms with Crippen molar-refractivity contribution >= 4 is 5.97 Å². The first kappa shape index (κ1) is 14.8.